The zero-order chi connectivity index (χ0) is 23.4. The fraction of sp³-hybridized carbons (Fsp3) is 0.154. The molecule has 0 N–H and O–H groups in total. The van der Waals surface area contributed by atoms with Gasteiger partial charge in [0, 0.05) is 19.2 Å². The van der Waals surface area contributed by atoms with E-state index in [2.05, 4.69) is 0 Å². The first-order chi connectivity index (χ1) is 16.0. The summed E-state index contributed by atoms with van der Waals surface area (Å²) in [6, 6.07) is 23.2. The van der Waals surface area contributed by atoms with Crippen molar-refractivity contribution in [2.75, 3.05) is 18.6 Å². The molecule has 0 saturated carbocycles. The van der Waals surface area contributed by atoms with Gasteiger partial charge in [0.1, 0.15) is 6.04 Å². The summed E-state index contributed by atoms with van der Waals surface area (Å²) in [6.07, 6.45) is 0.0772. The van der Waals surface area contributed by atoms with Crippen LogP contribution in [0.5, 0.6) is 0 Å². The van der Waals surface area contributed by atoms with Crippen LogP contribution < -0.4 is 4.90 Å². The van der Waals surface area contributed by atoms with Gasteiger partial charge in [0.2, 0.25) is 0 Å². The van der Waals surface area contributed by atoms with E-state index in [-0.39, 0.29) is 17.5 Å². The third-order valence-electron chi connectivity index (χ3n) is 5.54. The summed E-state index contributed by atoms with van der Waals surface area (Å²) < 4.78 is 5.31. The van der Waals surface area contributed by atoms with Crippen molar-refractivity contribution < 1.29 is 23.9 Å². The van der Waals surface area contributed by atoms with Gasteiger partial charge in [0.15, 0.2) is 6.61 Å². The first-order valence-electron chi connectivity index (χ1n) is 10.5. The Bertz CT molecular complexity index is 1160. The average Bonchev–Trinajstić information content (AvgIpc) is 3.11. The van der Waals surface area contributed by atoms with Crippen molar-refractivity contribution in [3.63, 3.8) is 0 Å². The highest BCUT2D eigenvalue weighted by Gasteiger charge is 2.43. The quantitative estimate of drug-likeness (QED) is 0.415. The molecule has 0 fully saturated rings. The Morgan fingerprint density at radius 2 is 1.33 bits per heavy atom. The number of carbonyl (C=O) groups is 4. The second-order valence-electron chi connectivity index (χ2n) is 7.63. The van der Waals surface area contributed by atoms with Crippen LogP contribution in [0.4, 0.5) is 5.69 Å². The van der Waals surface area contributed by atoms with Crippen LogP contribution in [0.1, 0.15) is 26.3 Å². The molecule has 7 heteroatoms. The Kier molecular flexibility index (Phi) is 6.31. The number of hydrogen-bond donors (Lipinski definition) is 0. The highest BCUT2D eigenvalue weighted by atomic mass is 16.5. The Hall–Kier alpha value is -4.26. The fourth-order valence-electron chi connectivity index (χ4n) is 3.73. The lowest BCUT2D eigenvalue weighted by molar-refractivity contribution is -0.151. The van der Waals surface area contributed by atoms with E-state index in [1.54, 1.807) is 79.8 Å². The van der Waals surface area contributed by atoms with E-state index < -0.39 is 36.3 Å². The number of likely N-dealkylation sites (N-methyl/N-ethyl adjacent to an activating group) is 1. The van der Waals surface area contributed by atoms with E-state index in [1.807, 2.05) is 12.1 Å². The van der Waals surface area contributed by atoms with Gasteiger partial charge in [0.25, 0.3) is 17.7 Å². The maximum absolute atomic E-state index is 13.1. The van der Waals surface area contributed by atoms with Gasteiger partial charge in [-0.15, -0.1) is 0 Å². The molecule has 7 nitrogen and oxygen atoms in total. The molecule has 4 rings (SSSR count). The predicted octanol–water partition coefficient (Wildman–Crippen LogP) is 3.10. The number of imide groups is 1. The van der Waals surface area contributed by atoms with Crippen LogP contribution in [0.2, 0.25) is 0 Å². The van der Waals surface area contributed by atoms with Gasteiger partial charge < -0.3 is 9.64 Å². The average molecular weight is 442 g/mol. The number of nitrogens with zero attached hydrogens (tertiary/aromatic N) is 2. The summed E-state index contributed by atoms with van der Waals surface area (Å²) in [5.41, 5.74) is 1.89. The van der Waals surface area contributed by atoms with Crippen molar-refractivity contribution in [1.29, 1.82) is 0 Å². The van der Waals surface area contributed by atoms with Crippen molar-refractivity contribution >= 4 is 29.4 Å². The van der Waals surface area contributed by atoms with Crippen molar-refractivity contribution in [3.8, 4) is 0 Å². The van der Waals surface area contributed by atoms with Crippen LogP contribution >= 0.6 is 0 Å². The van der Waals surface area contributed by atoms with E-state index in [0.29, 0.717) is 5.69 Å². The van der Waals surface area contributed by atoms with Crippen LogP contribution in [0.25, 0.3) is 0 Å². The maximum atomic E-state index is 13.1. The molecule has 1 atom stereocenters. The van der Waals surface area contributed by atoms with Crippen LogP contribution in [-0.4, -0.2) is 48.3 Å². The van der Waals surface area contributed by atoms with Gasteiger partial charge in [-0.1, -0.05) is 60.7 Å². The summed E-state index contributed by atoms with van der Waals surface area (Å²) in [4.78, 5) is 54.0. The molecule has 1 aliphatic heterocycles. The van der Waals surface area contributed by atoms with E-state index in [1.165, 1.54) is 4.90 Å². The minimum atomic E-state index is -1.20. The number of para-hydroxylation sites is 1. The molecular weight excluding hydrogens is 420 g/mol. The van der Waals surface area contributed by atoms with Crippen molar-refractivity contribution in [2.24, 2.45) is 0 Å². The molecule has 0 aliphatic carbocycles. The van der Waals surface area contributed by atoms with Crippen molar-refractivity contribution in [2.45, 2.75) is 12.5 Å². The molecule has 1 aliphatic rings. The number of hydrogen-bond acceptors (Lipinski definition) is 5. The Balaban J connectivity index is 1.54. The van der Waals surface area contributed by atoms with Gasteiger partial charge in [0.05, 0.1) is 11.1 Å². The third-order valence-corrected chi connectivity index (χ3v) is 5.54. The molecule has 0 saturated heterocycles. The number of esters is 1. The molecular formula is C26H22N2O5. The molecule has 0 radical (unpaired) electrons. The molecule has 3 aromatic carbocycles. The largest absolute Gasteiger partial charge is 0.454 e. The maximum Gasteiger partial charge on any atom is 0.330 e. The summed E-state index contributed by atoms with van der Waals surface area (Å²) in [5, 5.41) is 0. The van der Waals surface area contributed by atoms with Crippen molar-refractivity contribution in [3.05, 3.63) is 102 Å². The number of fused-ring (bicyclic) bond motifs is 1. The number of benzene rings is 3. The summed E-state index contributed by atoms with van der Waals surface area (Å²) in [7, 11) is 1.58. The second kappa shape index (κ2) is 9.48. The molecule has 0 spiro atoms. The molecule has 33 heavy (non-hydrogen) atoms. The lowest BCUT2D eigenvalue weighted by Crippen LogP contribution is -2.47. The zero-order valence-electron chi connectivity index (χ0n) is 18.0. The molecule has 1 heterocycles. The van der Waals surface area contributed by atoms with E-state index in [9.17, 15) is 19.2 Å². The Morgan fingerprint density at radius 3 is 1.91 bits per heavy atom. The minimum Gasteiger partial charge on any atom is -0.454 e. The fourth-order valence-corrected chi connectivity index (χ4v) is 3.73. The smallest absolute Gasteiger partial charge is 0.330 e. The van der Waals surface area contributed by atoms with Gasteiger partial charge in [-0.3, -0.25) is 19.3 Å². The predicted molar refractivity (Wildman–Crippen MR) is 122 cm³/mol. The number of ether oxygens (including phenoxy) is 1. The first-order valence-corrected chi connectivity index (χ1v) is 10.5. The summed E-state index contributed by atoms with van der Waals surface area (Å²) in [5.74, 6) is -2.36. The van der Waals surface area contributed by atoms with E-state index >= 15 is 0 Å². The van der Waals surface area contributed by atoms with Gasteiger partial charge in [-0.2, -0.15) is 0 Å². The standard InChI is InChI=1S/C26H22N2O5/c1-27(19-12-6-3-7-13-19)23(29)17-33-26(32)22(16-18-10-4-2-5-11-18)28-24(30)20-14-8-9-15-21(20)25(28)31/h2-15,22H,16-17H2,1H3. The number of carbonyl (C=O) groups excluding carboxylic acids is 4. The molecule has 0 aromatic heterocycles. The van der Waals surface area contributed by atoms with Crippen LogP contribution in [0.15, 0.2) is 84.9 Å². The summed E-state index contributed by atoms with van der Waals surface area (Å²) in [6.45, 7) is -0.515. The third kappa shape index (κ3) is 4.52. The highest BCUT2D eigenvalue weighted by Crippen LogP contribution is 2.26. The number of amides is 3. The molecule has 166 valence electrons. The lowest BCUT2D eigenvalue weighted by atomic mass is 10.0. The van der Waals surface area contributed by atoms with Gasteiger partial charge in [-0.25, -0.2) is 4.79 Å². The lowest BCUT2D eigenvalue weighted by Gasteiger charge is -2.25. The number of rotatable bonds is 7. The second-order valence-corrected chi connectivity index (χ2v) is 7.63. The Morgan fingerprint density at radius 1 is 0.818 bits per heavy atom. The van der Waals surface area contributed by atoms with E-state index in [0.717, 1.165) is 10.5 Å². The Labute approximate surface area is 191 Å². The monoisotopic (exact) mass is 442 g/mol. The highest BCUT2D eigenvalue weighted by molar-refractivity contribution is 6.22. The van der Waals surface area contributed by atoms with Crippen LogP contribution in [0, 0.1) is 0 Å². The van der Waals surface area contributed by atoms with Crippen LogP contribution in [0.3, 0.4) is 0 Å². The first kappa shape index (κ1) is 22.0. The summed E-state index contributed by atoms with van der Waals surface area (Å²) >= 11 is 0. The van der Waals surface area contributed by atoms with Crippen molar-refractivity contribution in [1.82, 2.24) is 4.90 Å². The van der Waals surface area contributed by atoms with Gasteiger partial charge >= 0.3 is 5.97 Å². The van der Waals surface area contributed by atoms with Gasteiger partial charge in [-0.05, 0) is 29.8 Å². The molecule has 3 amide bonds. The minimum absolute atomic E-state index is 0.0772. The SMILES string of the molecule is CN(C(=O)COC(=O)C(Cc1ccccc1)N1C(=O)c2ccccc2C1=O)c1ccccc1. The molecule has 0 bridgehead atoms. The normalized spacial score (nSPS) is 13.4. The topological polar surface area (TPSA) is 84.0 Å². The van der Waals surface area contributed by atoms with E-state index in [4.69, 9.17) is 4.74 Å². The molecule has 3 aromatic rings. The molecule has 1 unspecified atom stereocenters. The van der Waals surface area contributed by atoms with Crippen LogP contribution in [-0.2, 0) is 20.7 Å². The zero-order valence-corrected chi connectivity index (χ0v) is 18.0. The number of anilines is 1.